The maximum atomic E-state index is 13.0. The lowest BCUT2D eigenvalue weighted by molar-refractivity contribution is -0.127. The number of ether oxygens (including phenoxy) is 1. The van der Waals surface area contributed by atoms with Crippen molar-refractivity contribution in [3.63, 3.8) is 0 Å². The second-order valence-corrected chi connectivity index (χ2v) is 7.73. The number of aromatic nitrogens is 2. The van der Waals surface area contributed by atoms with Gasteiger partial charge in [0.25, 0.3) is 5.56 Å². The van der Waals surface area contributed by atoms with Crippen LogP contribution in [0.15, 0.2) is 28.2 Å². The maximum absolute atomic E-state index is 13.0. The van der Waals surface area contributed by atoms with Crippen LogP contribution in [0.4, 0.5) is 0 Å². The molecule has 1 aromatic carbocycles. The fraction of sp³-hybridized carbons (Fsp3) is 0.474. The van der Waals surface area contributed by atoms with Gasteiger partial charge in [-0.2, -0.15) is 0 Å². The van der Waals surface area contributed by atoms with Crippen LogP contribution >= 0.6 is 11.8 Å². The molecular formula is C19H25N3O4S. The minimum atomic E-state index is -0.487. The molecule has 0 unspecified atom stereocenters. The molecule has 7 nitrogen and oxygen atoms in total. The predicted molar refractivity (Wildman–Crippen MR) is 106 cm³/mol. The van der Waals surface area contributed by atoms with Crippen LogP contribution in [-0.2, 0) is 16.1 Å². The number of methoxy groups -OCH3 is 1. The van der Waals surface area contributed by atoms with Crippen LogP contribution < -0.4 is 5.56 Å². The molecule has 0 fully saturated rings. The number of nitrogens with zero attached hydrogens (tertiary/aromatic N) is 3. The van der Waals surface area contributed by atoms with Gasteiger partial charge in [-0.25, -0.2) is 9.78 Å². The Bertz CT molecular complexity index is 908. The van der Waals surface area contributed by atoms with Gasteiger partial charge in [0.15, 0.2) is 5.16 Å². The quantitative estimate of drug-likeness (QED) is 0.410. The standard InChI is InChI=1S/C19H25N3O4S/c1-6-7-10-22-17(24)14-9-8-13(18(25)26-5)11-15(14)20-19(22)27-12(2)16(23)21(3)4/h8-9,11-12H,6-7,10H2,1-5H3/t12-/m0/s1. The third-order valence-corrected chi connectivity index (χ3v) is 5.23. The summed E-state index contributed by atoms with van der Waals surface area (Å²) in [7, 11) is 4.69. The Morgan fingerprint density at radius 1 is 1.33 bits per heavy atom. The highest BCUT2D eigenvalue weighted by Crippen LogP contribution is 2.24. The molecule has 0 radical (unpaired) electrons. The van der Waals surface area contributed by atoms with Gasteiger partial charge >= 0.3 is 5.97 Å². The zero-order valence-electron chi connectivity index (χ0n) is 16.3. The number of benzene rings is 1. The van der Waals surface area contributed by atoms with Crippen LogP contribution in [0.3, 0.4) is 0 Å². The average Bonchev–Trinajstić information content (AvgIpc) is 2.65. The van der Waals surface area contributed by atoms with Crippen LogP contribution in [0.1, 0.15) is 37.0 Å². The number of carbonyl (C=O) groups is 2. The Morgan fingerprint density at radius 3 is 2.63 bits per heavy atom. The third kappa shape index (κ3) is 4.68. The molecule has 0 N–H and O–H groups in total. The summed E-state index contributed by atoms with van der Waals surface area (Å²) in [5.74, 6) is -0.543. The summed E-state index contributed by atoms with van der Waals surface area (Å²) >= 11 is 1.25. The van der Waals surface area contributed by atoms with Gasteiger partial charge in [-0.05, 0) is 31.5 Å². The van der Waals surface area contributed by atoms with E-state index in [1.165, 1.54) is 23.8 Å². The van der Waals surface area contributed by atoms with Gasteiger partial charge in [0.2, 0.25) is 5.91 Å². The van der Waals surface area contributed by atoms with Gasteiger partial charge in [-0.3, -0.25) is 14.2 Å². The number of amides is 1. The number of hydrogen-bond donors (Lipinski definition) is 0. The molecule has 1 aromatic heterocycles. The van der Waals surface area contributed by atoms with E-state index in [2.05, 4.69) is 4.98 Å². The highest BCUT2D eigenvalue weighted by atomic mass is 32.2. The van der Waals surface area contributed by atoms with Crippen molar-refractivity contribution in [2.45, 2.75) is 43.6 Å². The van der Waals surface area contributed by atoms with Crippen molar-refractivity contribution < 1.29 is 14.3 Å². The number of unbranched alkanes of at least 4 members (excludes halogenated alkanes) is 1. The van der Waals surface area contributed by atoms with Gasteiger partial charge in [-0.1, -0.05) is 25.1 Å². The monoisotopic (exact) mass is 391 g/mol. The van der Waals surface area contributed by atoms with E-state index < -0.39 is 5.97 Å². The predicted octanol–water partition coefficient (Wildman–Crippen LogP) is 2.55. The first-order valence-electron chi connectivity index (χ1n) is 8.80. The van der Waals surface area contributed by atoms with E-state index in [-0.39, 0.29) is 16.7 Å². The zero-order chi connectivity index (χ0) is 20.1. The summed E-state index contributed by atoms with van der Waals surface area (Å²) in [6, 6.07) is 4.71. The average molecular weight is 391 g/mol. The molecule has 0 saturated carbocycles. The number of thioether (sulfide) groups is 1. The summed E-state index contributed by atoms with van der Waals surface area (Å²) in [5.41, 5.74) is 0.580. The zero-order valence-corrected chi connectivity index (χ0v) is 17.1. The number of rotatable bonds is 7. The summed E-state index contributed by atoms with van der Waals surface area (Å²) in [6.45, 7) is 4.37. The molecule has 0 saturated heterocycles. The molecule has 8 heteroatoms. The topological polar surface area (TPSA) is 81.5 Å². The van der Waals surface area contributed by atoms with E-state index >= 15 is 0 Å². The first kappa shape index (κ1) is 21.0. The first-order valence-corrected chi connectivity index (χ1v) is 9.68. The highest BCUT2D eigenvalue weighted by Gasteiger charge is 2.21. The van der Waals surface area contributed by atoms with Crippen LogP contribution in [0, 0.1) is 0 Å². The number of esters is 1. The number of carbonyl (C=O) groups excluding carboxylic acids is 2. The number of fused-ring (bicyclic) bond motifs is 1. The molecule has 0 spiro atoms. The molecule has 1 amide bonds. The molecule has 1 heterocycles. The highest BCUT2D eigenvalue weighted by molar-refractivity contribution is 8.00. The van der Waals surface area contributed by atoms with Crippen LogP contribution in [0.2, 0.25) is 0 Å². The molecule has 0 aliphatic carbocycles. The van der Waals surface area contributed by atoms with Gasteiger partial charge in [0.1, 0.15) is 0 Å². The Labute approximate surface area is 162 Å². The van der Waals surface area contributed by atoms with Crippen molar-refractivity contribution in [3.8, 4) is 0 Å². The Balaban J connectivity index is 2.57. The van der Waals surface area contributed by atoms with Gasteiger partial charge in [0, 0.05) is 20.6 Å². The normalized spacial score (nSPS) is 12.0. The largest absolute Gasteiger partial charge is 0.465 e. The lowest BCUT2D eigenvalue weighted by atomic mass is 10.1. The minimum absolute atomic E-state index is 0.0558. The van der Waals surface area contributed by atoms with Crippen molar-refractivity contribution in [1.29, 1.82) is 0 Å². The molecule has 27 heavy (non-hydrogen) atoms. The van der Waals surface area contributed by atoms with E-state index in [1.807, 2.05) is 6.92 Å². The molecule has 0 aliphatic heterocycles. The molecule has 146 valence electrons. The fourth-order valence-corrected chi connectivity index (χ4v) is 3.70. The second kappa shape index (κ2) is 9.03. The fourth-order valence-electron chi connectivity index (χ4n) is 2.62. The van der Waals surface area contributed by atoms with E-state index in [1.54, 1.807) is 43.8 Å². The molecule has 2 rings (SSSR count). The molecule has 2 aromatic rings. The minimum Gasteiger partial charge on any atom is -0.465 e. The van der Waals surface area contributed by atoms with Crippen LogP contribution in [0.5, 0.6) is 0 Å². The smallest absolute Gasteiger partial charge is 0.337 e. The lowest BCUT2D eigenvalue weighted by Crippen LogP contribution is -2.31. The Morgan fingerprint density at radius 2 is 2.04 bits per heavy atom. The molecule has 1 atom stereocenters. The molecular weight excluding hydrogens is 366 g/mol. The Kier molecular flexibility index (Phi) is 7.01. The maximum Gasteiger partial charge on any atom is 0.337 e. The van der Waals surface area contributed by atoms with Gasteiger partial charge in [0.05, 0.1) is 28.8 Å². The van der Waals surface area contributed by atoms with Crippen molar-refractivity contribution in [3.05, 3.63) is 34.1 Å². The summed E-state index contributed by atoms with van der Waals surface area (Å²) in [5, 5.41) is 0.529. The SMILES string of the molecule is CCCCn1c(S[C@@H](C)C(=O)N(C)C)nc2cc(C(=O)OC)ccc2c1=O. The van der Waals surface area contributed by atoms with E-state index in [0.29, 0.717) is 28.2 Å². The second-order valence-electron chi connectivity index (χ2n) is 6.42. The van der Waals surface area contributed by atoms with Gasteiger partial charge < -0.3 is 9.64 Å². The van der Waals surface area contributed by atoms with Crippen molar-refractivity contribution in [2.24, 2.45) is 0 Å². The van der Waals surface area contributed by atoms with Crippen LogP contribution in [0.25, 0.3) is 10.9 Å². The Hall–Kier alpha value is -2.35. The molecule has 0 bridgehead atoms. The summed E-state index contributed by atoms with van der Waals surface area (Å²) in [4.78, 5) is 43.1. The first-order chi connectivity index (χ1) is 12.8. The van der Waals surface area contributed by atoms with E-state index in [9.17, 15) is 14.4 Å². The number of hydrogen-bond acceptors (Lipinski definition) is 6. The third-order valence-electron chi connectivity index (χ3n) is 4.15. The summed E-state index contributed by atoms with van der Waals surface area (Å²) in [6.07, 6.45) is 1.76. The molecule has 0 aliphatic rings. The lowest BCUT2D eigenvalue weighted by Gasteiger charge is -2.18. The van der Waals surface area contributed by atoms with Crippen molar-refractivity contribution in [1.82, 2.24) is 14.5 Å². The van der Waals surface area contributed by atoms with E-state index in [0.717, 1.165) is 12.8 Å². The summed E-state index contributed by atoms with van der Waals surface area (Å²) < 4.78 is 6.36. The van der Waals surface area contributed by atoms with Gasteiger partial charge in [-0.15, -0.1) is 0 Å². The van der Waals surface area contributed by atoms with Crippen molar-refractivity contribution in [2.75, 3.05) is 21.2 Å². The van der Waals surface area contributed by atoms with E-state index in [4.69, 9.17) is 4.74 Å². The van der Waals surface area contributed by atoms with Crippen LogP contribution in [-0.4, -0.2) is 52.8 Å². The van der Waals surface area contributed by atoms with Crippen molar-refractivity contribution >= 4 is 34.5 Å².